The average Bonchev–Trinajstić information content (AvgIpc) is 3.10. The van der Waals surface area contributed by atoms with Gasteiger partial charge in [-0.25, -0.2) is 0 Å². The molecule has 138 valence electrons. The zero-order chi connectivity index (χ0) is 19.3. The summed E-state index contributed by atoms with van der Waals surface area (Å²) in [5.41, 5.74) is -1.72. The zero-order valence-electron chi connectivity index (χ0n) is 12.0. The summed E-state index contributed by atoms with van der Waals surface area (Å²) >= 11 is 2.94. The van der Waals surface area contributed by atoms with Crippen LogP contribution in [0.4, 0.5) is 26.3 Å². The number of benzene rings is 1. The number of alkyl halides is 6. The van der Waals surface area contributed by atoms with Crippen molar-refractivity contribution < 1.29 is 35.4 Å². The van der Waals surface area contributed by atoms with E-state index in [0.717, 1.165) is 0 Å². The molecule has 2 aromatic heterocycles. The van der Waals surface area contributed by atoms with Crippen LogP contribution in [0.25, 0.3) is 22.6 Å². The minimum Gasteiger partial charge on any atom is -0.355 e. The van der Waals surface area contributed by atoms with Gasteiger partial charge in [-0.2, -0.15) is 26.3 Å². The maximum Gasteiger partial charge on any atom is 0.437 e. The fourth-order valence-corrected chi connectivity index (χ4v) is 3.67. The Kier molecular flexibility index (Phi) is 5.00. The van der Waals surface area contributed by atoms with Gasteiger partial charge in [0.15, 0.2) is 11.5 Å². The minimum atomic E-state index is -4.65. The molecule has 0 atom stereocenters. The van der Waals surface area contributed by atoms with E-state index < -0.39 is 23.7 Å². The van der Waals surface area contributed by atoms with Crippen LogP contribution >= 0.6 is 45.2 Å². The van der Waals surface area contributed by atoms with E-state index in [1.165, 1.54) is 69.4 Å². The highest BCUT2D eigenvalue weighted by atomic mass is 127. The maximum absolute atomic E-state index is 12.8. The van der Waals surface area contributed by atoms with Crippen LogP contribution in [0.3, 0.4) is 0 Å². The van der Waals surface area contributed by atoms with E-state index in [0.29, 0.717) is 0 Å². The van der Waals surface area contributed by atoms with Crippen molar-refractivity contribution >= 4 is 45.2 Å². The summed E-state index contributed by atoms with van der Waals surface area (Å²) in [5, 5.41) is 6.05. The number of hydrogen-bond donors (Lipinski definition) is 0. The first-order valence-corrected chi connectivity index (χ1v) is 8.71. The number of halogens is 8. The van der Waals surface area contributed by atoms with Gasteiger partial charge in [0, 0.05) is 11.1 Å². The van der Waals surface area contributed by atoms with Gasteiger partial charge in [-0.3, -0.25) is 0 Å². The molecule has 0 unspecified atom stereocenters. The highest BCUT2D eigenvalue weighted by molar-refractivity contribution is 14.1. The highest BCUT2D eigenvalue weighted by Gasteiger charge is 2.40. The minimum absolute atomic E-state index is 0.0901. The monoisotopic (exact) mass is 600 g/mol. The first-order valence-electron chi connectivity index (χ1n) is 6.55. The Morgan fingerprint density at radius 3 is 1.19 bits per heavy atom. The zero-order valence-corrected chi connectivity index (χ0v) is 16.4. The molecule has 0 bridgehead atoms. The van der Waals surface area contributed by atoms with Gasteiger partial charge < -0.3 is 9.05 Å². The van der Waals surface area contributed by atoms with Crippen LogP contribution in [-0.4, -0.2) is 10.3 Å². The van der Waals surface area contributed by atoms with Crippen LogP contribution in [0, 0.1) is 7.14 Å². The Labute approximate surface area is 168 Å². The summed E-state index contributed by atoms with van der Waals surface area (Å²) < 4.78 is 85.7. The quantitative estimate of drug-likeness (QED) is 0.258. The molecule has 0 aliphatic rings. The van der Waals surface area contributed by atoms with Gasteiger partial charge in [-0.15, -0.1) is 0 Å². The van der Waals surface area contributed by atoms with E-state index in [-0.39, 0.29) is 29.8 Å². The van der Waals surface area contributed by atoms with Gasteiger partial charge >= 0.3 is 12.4 Å². The standard InChI is InChI=1S/C14H4F6I2N2O2/c15-13(16,17)11-7(21)9(25-23-11)5-1-2-6(4-3-5)10-8(22)12(24-26-10)14(18,19)20/h1-4H. The molecule has 0 amide bonds. The lowest BCUT2D eigenvalue weighted by atomic mass is 10.1. The molecule has 0 N–H and O–H groups in total. The number of aromatic nitrogens is 2. The molecule has 0 saturated heterocycles. The van der Waals surface area contributed by atoms with Crippen LogP contribution in [-0.2, 0) is 12.4 Å². The lowest BCUT2D eigenvalue weighted by Gasteiger charge is -2.03. The van der Waals surface area contributed by atoms with Crippen molar-refractivity contribution in [1.29, 1.82) is 0 Å². The molecule has 2 heterocycles. The third kappa shape index (κ3) is 3.57. The van der Waals surface area contributed by atoms with Crippen molar-refractivity contribution in [2.75, 3.05) is 0 Å². The molecule has 0 fully saturated rings. The van der Waals surface area contributed by atoms with E-state index >= 15 is 0 Å². The average molecular weight is 600 g/mol. The summed E-state index contributed by atoms with van der Waals surface area (Å²) in [6, 6.07) is 5.57. The van der Waals surface area contributed by atoms with E-state index in [4.69, 9.17) is 9.05 Å². The largest absolute Gasteiger partial charge is 0.437 e. The SMILES string of the molecule is FC(F)(F)c1noc(-c2ccc(-c3onc(C(F)(F)F)c3I)cc2)c1I. The summed E-state index contributed by atoms with van der Waals surface area (Å²) in [6.07, 6.45) is -9.30. The molecule has 3 rings (SSSR count). The summed E-state index contributed by atoms with van der Waals surface area (Å²) in [6.45, 7) is 0. The second-order valence-corrected chi connectivity index (χ2v) is 7.08. The highest BCUT2D eigenvalue weighted by Crippen LogP contribution is 2.39. The fraction of sp³-hybridized carbons (Fsp3) is 0.143. The van der Waals surface area contributed by atoms with Gasteiger partial charge in [0.2, 0.25) is 11.4 Å². The predicted octanol–water partition coefficient (Wildman–Crippen LogP) is 6.24. The Hall–Kier alpha value is -1.32. The summed E-state index contributed by atoms with van der Waals surface area (Å²) in [7, 11) is 0. The molecule has 0 aliphatic heterocycles. The second-order valence-electron chi connectivity index (χ2n) is 4.92. The van der Waals surface area contributed by atoms with Crippen LogP contribution in [0.2, 0.25) is 0 Å². The third-order valence-electron chi connectivity index (χ3n) is 3.22. The molecule has 4 nitrogen and oxygen atoms in total. The summed E-state index contributed by atoms with van der Waals surface area (Å²) in [4.78, 5) is 0. The molecule has 1 aromatic carbocycles. The van der Waals surface area contributed by atoms with Gasteiger partial charge in [-0.1, -0.05) is 34.6 Å². The number of nitrogens with zero attached hydrogens (tertiary/aromatic N) is 2. The van der Waals surface area contributed by atoms with Crippen LogP contribution in [0.15, 0.2) is 33.3 Å². The maximum atomic E-state index is 12.8. The second kappa shape index (κ2) is 6.69. The topological polar surface area (TPSA) is 52.1 Å². The van der Waals surface area contributed by atoms with E-state index in [1.807, 2.05) is 0 Å². The molecular weight excluding hydrogens is 596 g/mol. The van der Waals surface area contributed by atoms with Crippen molar-refractivity contribution in [3.8, 4) is 22.6 Å². The molecule has 3 aromatic rings. The predicted molar refractivity (Wildman–Crippen MR) is 92.9 cm³/mol. The Balaban J connectivity index is 1.96. The van der Waals surface area contributed by atoms with Crippen LogP contribution in [0.1, 0.15) is 11.4 Å². The molecular formula is C14H4F6I2N2O2. The molecule has 0 spiro atoms. The van der Waals surface area contributed by atoms with Crippen LogP contribution < -0.4 is 0 Å². The molecule has 26 heavy (non-hydrogen) atoms. The van der Waals surface area contributed by atoms with Gasteiger partial charge in [0.25, 0.3) is 0 Å². The lowest BCUT2D eigenvalue weighted by molar-refractivity contribution is -0.144. The molecule has 0 radical (unpaired) electrons. The Bertz CT molecular complexity index is 867. The van der Waals surface area contributed by atoms with Gasteiger partial charge in [-0.05, 0) is 45.2 Å². The van der Waals surface area contributed by atoms with Crippen LogP contribution in [0.5, 0.6) is 0 Å². The lowest BCUT2D eigenvalue weighted by Crippen LogP contribution is -2.07. The van der Waals surface area contributed by atoms with Crippen molar-refractivity contribution in [2.24, 2.45) is 0 Å². The van der Waals surface area contributed by atoms with Gasteiger partial charge in [0.1, 0.15) is 0 Å². The first-order chi connectivity index (χ1) is 12.0. The van der Waals surface area contributed by atoms with Crippen molar-refractivity contribution in [3.63, 3.8) is 0 Å². The summed E-state index contributed by atoms with van der Waals surface area (Å²) in [5.74, 6) is -0.180. The van der Waals surface area contributed by atoms with E-state index in [2.05, 4.69) is 10.3 Å². The molecule has 0 saturated carbocycles. The molecule has 0 aliphatic carbocycles. The van der Waals surface area contributed by atoms with E-state index in [1.54, 1.807) is 0 Å². The number of rotatable bonds is 2. The van der Waals surface area contributed by atoms with E-state index in [9.17, 15) is 26.3 Å². The Morgan fingerprint density at radius 1 is 0.654 bits per heavy atom. The van der Waals surface area contributed by atoms with Crippen molar-refractivity contribution in [3.05, 3.63) is 42.8 Å². The third-order valence-corrected chi connectivity index (χ3v) is 5.22. The first kappa shape index (κ1) is 19.4. The van der Waals surface area contributed by atoms with Gasteiger partial charge in [0.05, 0.1) is 7.14 Å². The Morgan fingerprint density at radius 2 is 0.962 bits per heavy atom. The fourth-order valence-electron chi connectivity index (χ4n) is 2.04. The smallest absolute Gasteiger partial charge is 0.355 e. The number of hydrogen-bond acceptors (Lipinski definition) is 4. The molecule has 12 heteroatoms. The van der Waals surface area contributed by atoms with Crippen molar-refractivity contribution in [1.82, 2.24) is 10.3 Å². The van der Waals surface area contributed by atoms with Crippen molar-refractivity contribution in [2.45, 2.75) is 12.4 Å². The normalized spacial score (nSPS) is 12.6.